The van der Waals surface area contributed by atoms with Gasteiger partial charge in [-0.2, -0.15) is 0 Å². The lowest BCUT2D eigenvalue weighted by Gasteiger charge is -2.36. The molecular formula is C29H39N3O5. The summed E-state index contributed by atoms with van der Waals surface area (Å²) in [6, 6.07) is 15.7. The number of carbonyl (C=O) groups is 2. The second-order valence-electron chi connectivity index (χ2n) is 9.64. The average Bonchev–Trinajstić information content (AvgIpc) is 2.92. The molecule has 2 amide bonds. The third-order valence-corrected chi connectivity index (χ3v) is 7.20. The van der Waals surface area contributed by atoms with Crippen LogP contribution < -0.4 is 14.4 Å². The zero-order valence-corrected chi connectivity index (χ0v) is 22.1. The highest BCUT2D eigenvalue weighted by atomic mass is 16.5. The van der Waals surface area contributed by atoms with Crippen molar-refractivity contribution >= 4 is 17.5 Å². The molecule has 8 heteroatoms. The first-order valence-electron chi connectivity index (χ1n) is 13.3. The highest BCUT2D eigenvalue weighted by molar-refractivity contribution is 5.92. The number of nitrogens with zero attached hydrogens (tertiary/aromatic N) is 3. The summed E-state index contributed by atoms with van der Waals surface area (Å²) >= 11 is 0. The number of fused-ring (bicyclic) bond motifs is 1. The van der Waals surface area contributed by atoms with Crippen LogP contribution in [0.1, 0.15) is 38.2 Å². The predicted molar refractivity (Wildman–Crippen MR) is 143 cm³/mol. The molecule has 0 spiro atoms. The first-order valence-corrected chi connectivity index (χ1v) is 13.3. The molecule has 1 fully saturated rings. The maximum atomic E-state index is 13.4. The molecule has 8 nitrogen and oxygen atoms in total. The number of benzene rings is 2. The van der Waals surface area contributed by atoms with Crippen LogP contribution in [0.4, 0.5) is 5.69 Å². The van der Waals surface area contributed by atoms with E-state index in [0.29, 0.717) is 37.2 Å². The third kappa shape index (κ3) is 7.23. The lowest BCUT2D eigenvalue weighted by atomic mass is 10.1. The minimum atomic E-state index is -0.0928. The van der Waals surface area contributed by atoms with Crippen molar-refractivity contribution in [3.8, 4) is 11.5 Å². The van der Waals surface area contributed by atoms with E-state index in [2.05, 4.69) is 4.90 Å². The predicted octanol–water partition coefficient (Wildman–Crippen LogP) is 3.73. The second kappa shape index (κ2) is 13.4. The van der Waals surface area contributed by atoms with Gasteiger partial charge in [0.25, 0.3) is 5.91 Å². The van der Waals surface area contributed by atoms with E-state index in [4.69, 9.17) is 14.2 Å². The molecule has 2 aromatic carbocycles. The molecule has 200 valence electrons. The molecule has 0 unspecified atom stereocenters. The SMILES string of the molecule is COc1ccccc1OCC(=O)N1CCCN(C2CCOCC2)CCCN(C(C)=O)c2ccccc2C1. The summed E-state index contributed by atoms with van der Waals surface area (Å²) in [7, 11) is 1.59. The van der Waals surface area contributed by atoms with Gasteiger partial charge in [-0.25, -0.2) is 0 Å². The second-order valence-corrected chi connectivity index (χ2v) is 9.64. The van der Waals surface area contributed by atoms with Crippen LogP contribution in [-0.2, 0) is 20.9 Å². The van der Waals surface area contributed by atoms with E-state index >= 15 is 0 Å². The number of hydrogen-bond acceptors (Lipinski definition) is 6. The Morgan fingerprint density at radius 1 is 0.919 bits per heavy atom. The van der Waals surface area contributed by atoms with Crippen LogP contribution in [0.5, 0.6) is 11.5 Å². The number of anilines is 1. The molecule has 0 aromatic heterocycles. The van der Waals surface area contributed by atoms with Gasteiger partial charge in [0.15, 0.2) is 18.1 Å². The topological polar surface area (TPSA) is 71.6 Å². The molecule has 0 saturated carbocycles. The molecule has 0 radical (unpaired) electrons. The Labute approximate surface area is 220 Å². The number of methoxy groups -OCH3 is 1. The normalized spacial score (nSPS) is 18.3. The van der Waals surface area contributed by atoms with Crippen molar-refractivity contribution in [2.75, 3.05) is 58.0 Å². The minimum absolute atomic E-state index is 0.0134. The van der Waals surface area contributed by atoms with Gasteiger partial charge in [-0.15, -0.1) is 0 Å². The van der Waals surface area contributed by atoms with E-state index in [1.54, 1.807) is 20.1 Å². The molecule has 37 heavy (non-hydrogen) atoms. The van der Waals surface area contributed by atoms with Crippen molar-refractivity contribution in [3.05, 3.63) is 54.1 Å². The quantitative estimate of drug-likeness (QED) is 0.612. The molecule has 2 heterocycles. The lowest BCUT2D eigenvalue weighted by Crippen LogP contribution is -2.44. The standard InChI is InChI=1S/C29H39N3O5/c1-23(33)32-18-8-16-30(25-13-19-36-20-14-25)15-7-17-31(21-24-9-3-4-10-26(24)32)29(34)22-37-28-12-6-5-11-27(28)35-2/h3-6,9-12,25H,7-8,13-22H2,1-2H3. The molecule has 2 aromatic rings. The number of amides is 2. The molecule has 4 rings (SSSR count). The molecule has 2 aliphatic rings. The van der Waals surface area contributed by atoms with E-state index in [1.165, 1.54) is 0 Å². The average molecular weight is 510 g/mol. The summed E-state index contributed by atoms with van der Waals surface area (Å²) in [5.74, 6) is 1.06. The fourth-order valence-corrected chi connectivity index (χ4v) is 5.25. The Morgan fingerprint density at radius 2 is 1.59 bits per heavy atom. The Morgan fingerprint density at radius 3 is 2.32 bits per heavy atom. The fraction of sp³-hybridized carbons (Fsp3) is 0.517. The Hall–Kier alpha value is -3.10. The summed E-state index contributed by atoms with van der Waals surface area (Å²) < 4.78 is 16.8. The Bertz CT molecular complexity index is 1040. The van der Waals surface area contributed by atoms with Crippen LogP contribution in [0.3, 0.4) is 0 Å². The van der Waals surface area contributed by atoms with Gasteiger partial charge < -0.3 is 28.9 Å². The number of hydrogen-bond donors (Lipinski definition) is 0. The van der Waals surface area contributed by atoms with E-state index in [-0.39, 0.29) is 18.4 Å². The van der Waals surface area contributed by atoms with Gasteiger partial charge in [0, 0.05) is 64.6 Å². The van der Waals surface area contributed by atoms with Crippen molar-refractivity contribution in [3.63, 3.8) is 0 Å². The van der Waals surface area contributed by atoms with Gasteiger partial charge in [0.2, 0.25) is 5.91 Å². The first-order chi connectivity index (χ1) is 18.1. The fourth-order valence-electron chi connectivity index (χ4n) is 5.25. The summed E-state index contributed by atoms with van der Waals surface area (Å²) in [6.45, 7) is 6.62. The van der Waals surface area contributed by atoms with E-state index in [9.17, 15) is 9.59 Å². The van der Waals surface area contributed by atoms with Gasteiger partial charge in [0.1, 0.15) is 0 Å². The van der Waals surface area contributed by atoms with Gasteiger partial charge in [0.05, 0.1) is 7.11 Å². The van der Waals surface area contributed by atoms with Crippen LogP contribution >= 0.6 is 0 Å². The summed E-state index contributed by atoms with van der Waals surface area (Å²) in [4.78, 5) is 32.4. The molecule has 2 aliphatic heterocycles. The molecule has 1 saturated heterocycles. The maximum Gasteiger partial charge on any atom is 0.260 e. The largest absolute Gasteiger partial charge is 0.493 e. The zero-order valence-electron chi connectivity index (χ0n) is 22.1. The van der Waals surface area contributed by atoms with Crippen molar-refractivity contribution in [1.29, 1.82) is 0 Å². The summed E-state index contributed by atoms with van der Waals surface area (Å²) in [6.07, 6.45) is 3.82. The smallest absolute Gasteiger partial charge is 0.260 e. The Balaban J connectivity index is 1.55. The van der Waals surface area contributed by atoms with Crippen molar-refractivity contribution in [2.24, 2.45) is 0 Å². The number of para-hydroxylation sites is 3. The lowest BCUT2D eigenvalue weighted by molar-refractivity contribution is -0.134. The molecule has 0 aliphatic carbocycles. The van der Waals surface area contributed by atoms with Gasteiger partial charge >= 0.3 is 0 Å². The Kier molecular flexibility index (Phi) is 9.79. The number of carbonyl (C=O) groups excluding carboxylic acids is 2. The maximum absolute atomic E-state index is 13.4. The first kappa shape index (κ1) is 26.9. The van der Waals surface area contributed by atoms with Crippen molar-refractivity contribution < 1.29 is 23.8 Å². The molecule has 0 N–H and O–H groups in total. The summed E-state index contributed by atoms with van der Waals surface area (Å²) in [5, 5.41) is 0. The van der Waals surface area contributed by atoms with Crippen LogP contribution in [0.25, 0.3) is 0 Å². The molecule has 0 atom stereocenters. The highest BCUT2D eigenvalue weighted by Gasteiger charge is 2.25. The van der Waals surface area contributed by atoms with E-state index < -0.39 is 0 Å². The van der Waals surface area contributed by atoms with Crippen LogP contribution in [0.2, 0.25) is 0 Å². The monoisotopic (exact) mass is 509 g/mol. The van der Waals surface area contributed by atoms with Gasteiger partial charge in [-0.1, -0.05) is 30.3 Å². The van der Waals surface area contributed by atoms with Crippen molar-refractivity contribution in [1.82, 2.24) is 9.80 Å². The van der Waals surface area contributed by atoms with Crippen LogP contribution in [0.15, 0.2) is 48.5 Å². The number of rotatable bonds is 5. The molecular weight excluding hydrogens is 470 g/mol. The molecule has 0 bridgehead atoms. The van der Waals surface area contributed by atoms with Crippen molar-refractivity contribution in [2.45, 2.75) is 45.2 Å². The van der Waals surface area contributed by atoms with Crippen LogP contribution in [0, 0.1) is 0 Å². The third-order valence-electron chi connectivity index (χ3n) is 7.20. The number of ether oxygens (including phenoxy) is 3. The van der Waals surface area contributed by atoms with Crippen LogP contribution in [-0.4, -0.2) is 80.8 Å². The zero-order chi connectivity index (χ0) is 26.0. The van der Waals surface area contributed by atoms with E-state index in [0.717, 1.165) is 63.2 Å². The summed E-state index contributed by atoms with van der Waals surface area (Å²) in [5.41, 5.74) is 1.84. The van der Waals surface area contributed by atoms with E-state index in [1.807, 2.05) is 52.3 Å². The highest BCUT2D eigenvalue weighted by Crippen LogP contribution is 2.27. The van der Waals surface area contributed by atoms with Gasteiger partial charge in [-0.3, -0.25) is 9.59 Å². The van der Waals surface area contributed by atoms with Gasteiger partial charge in [-0.05, 0) is 49.4 Å². The minimum Gasteiger partial charge on any atom is -0.493 e.